The van der Waals surface area contributed by atoms with Crippen molar-refractivity contribution in [1.82, 2.24) is 9.97 Å². The van der Waals surface area contributed by atoms with Crippen molar-refractivity contribution >= 4 is 23.4 Å². The molecule has 1 atom stereocenters. The predicted octanol–water partition coefficient (Wildman–Crippen LogP) is 2.94. The highest BCUT2D eigenvalue weighted by Gasteiger charge is 2.11. The molecule has 0 aliphatic heterocycles. The second-order valence-electron chi connectivity index (χ2n) is 3.52. The van der Waals surface area contributed by atoms with Crippen LogP contribution in [0.2, 0.25) is 5.02 Å². The van der Waals surface area contributed by atoms with Crippen LogP contribution in [0.25, 0.3) is 0 Å². The molecule has 0 aromatic carbocycles. The summed E-state index contributed by atoms with van der Waals surface area (Å²) in [6, 6.07) is 3.72. The van der Waals surface area contributed by atoms with Crippen LogP contribution >= 0.6 is 11.6 Å². The molecule has 2 rings (SSSR count). The average Bonchev–Trinajstić information content (AvgIpc) is 2.85. The van der Waals surface area contributed by atoms with E-state index >= 15 is 0 Å². The lowest BCUT2D eigenvalue weighted by atomic mass is 10.2. The van der Waals surface area contributed by atoms with E-state index in [4.69, 9.17) is 16.0 Å². The fourth-order valence-electron chi connectivity index (χ4n) is 1.40. The Labute approximate surface area is 104 Å². The van der Waals surface area contributed by atoms with Gasteiger partial charge in [0.25, 0.3) is 0 Å². The summed E-state index contributed by atoms with van der Waals surface area (Å²) in [5.41, 5.74) is 0. The number of nitrogens with zero attached hydrogens (tertiary/aromatic N) is 2. The van der Waals surface area contributed by atoms with Crippen LogP contribution in [0.1, 0.15) is 18.7 Å². The van der Waals surface area contributed by atoms with E-state index in [2.05, 4.69) is 20.6 Å². The van der Waals surface area contributed by atoms with Crippen molar-refractivity contribution in [3.63, 3.8) is 0 Å². The molecule has 2 N–H and O–H groups in total. The minimum absolute atomic E-state index is 0.0119. The highest BCUT2D eigenvalue weighted by atomic mass is 35.5. The molecule has 0 fully saturated rings. The molecule has 2 aromatic rings. The first-order valence-corrected chi connectivity index (χ1v) is 5.58. The van der Waals surface area contributed by atoms with Crippen LogP contribution in [0, 0.1) is 0 Å². The predicted molar refractivity (Wildman–Crippen MR) is 67.3 cm³/mol. The number of furan rings is 1. The number of halogens is 1. The molecule has 17 heavy (non-hydrogen) atoms. The van der Waals surface area contributed by atoms with Gasteiger partial charge in [-0.2, -0.15) is 4.98 Å². The van der Waals surface area contributed by atoms with Gasteiger partial charge in [-0.15, -0.1) is 0 Å². The summed E-state index contributed by atoms with van der Waals surface area (Å²) in [7, 11) is 1.75. The quantitative estimate of drug-likeness (QED) is 0.876. The smallest absolute Gasteiger partial charge is 0.224 e. The highest BCUT2D eigenvalue weighted by Crippen LogP contribution is 2.24. The van der Waals surface area contributed by atoms with Crippen LogP contribution in [-0.2, 0) is 0 Å². The largest absolute Gasteiger partial charge is 0.467 e. The zero-order valence-corrected chi connectivity index (χ0v) is 10.3. The van der Waals surface area contributed by atoms with Crippen LogP contribution < -0.4 is 10.6 Å². The van der Waals surface area contributed by atoms with Gasteiger partial charge in [0, 0.05) is 7.05 Å². The number of nitrogens with one attached hydrogen (secondary N) is 2. The Morgan fingerprint density at radius 3 is 2.94 bits per heavy atom. The minimum Gasteiger partial charge on any atom is -0.467 e. The van der Waals surface area contributed by atoms with E-state index in [1.165, 1.54) is 0 Å². The number of anilines is 2. The molecule has 0 saturated heterocycles. The van der Waals surface area contributed by atoms with Crippen molar-refractivity contribution in [1.29, 1.82) is 0 Å². The van der Waals surface area contributed by atoms with Crippen molar-refractivity contribution in [2.75, 3.05) is 17.7 Å². The summed E-state index contributed by atoms with van der Waals surface area (Å²) in [5.74, 6) is 1.92. The molecule has 0 bridgehead atoms. The highest BCUT2D eigenvalue weighted by molar-refractivity contribution is 6.32. The summed E-state index contributed by atoms with van der Waals surface area (Å²) in [6.45, 7) is 1.97. The maximum atomic E-state index is 6.01. The van der Waals surface area contributed by atoms with Gasteiger partial charge in [-0.3, -0.25) is 0 Å². The summed E-state index contributed by atoms with van der Waals surface area (Å²) in [4.78, 5) is 8.24. The van der Waals surface area contributed by atoms with E-state index in [1.807, 2.05) is 19.1 Å². The van der Waals surface area contributed by atoms with Gasteiger partial charge in [-0.25, -0.2) is 4.98 Å². The van der Waals surface area contributed by atoms with Crippen molar-refractivity contribution < 1.29 is 4.42 Å². The third kappa shape index (κ3) is 2.68. The van der Waals surface area contributed by atoms with Gasteiger partial charge in [-0.05, 0) is 19.1 Å². The molecular weight excluding hydrogens is 240 g/mol. The lowest BCUT2D eigenvalue weighted by Crippen LogP contribution is -2.09. The van der Waals surface area contributed by atoms with Crippen molar-refractivity contribution in [3.05, 3.63) is 35.4 Å². The fraction of sp³-hybridized carbons (Fsp3) is 0.273. The molecule has 5 nitrogen and oxygen atoms in total. The van der Waals surface area contributed by atoms with Gasteiger partial charge in [0.05, 0.1) is 18.5 Å². The van der Waals surface area contributed by atoms with Gasteiger partial charge in [0.1, 0.15) is 10.8 Å². The van der Waals surface area contributed by atoms with E-state index in [0.29, 0.717) is 16.8 Å². The maximum absolute atomic E-state index is 6.01. The number of aromatic nitrogens is 2. The van der Waals surface area contributed by atoms with E-state index in [9.17, 15) is 0 Å². The van der Waals surface area contributed by atoms with E-state index in [0.717, 1.165) is 5.76 Å². The van der Waals surface area contributed by atoms with Gasteiger partial charge in [-0.1, -0.05) is 11.6 Å². The van der Waals surface area contributed by atoms with Gasteiger partial charge in [0.15, 0.2) is 5.82 Å². The van der Waals surface area contributed by atoms with Crippen LogP contribution in [0.15, 0.2) is 29.0 Å². The van der Waals surface area contributed by atoms with Gasteiger partial charge in [0.2, 0.25) is 5.95 Å². The molecule has 0 amide bonds. The Bertz CT molecular complexity index is 486. The van der Waals surface area contributed by atoms with E-state index < -0.39 is 0 Å². The van der Waals surface area contributed by atoms with Crippen molar-refractivity contribution in [2.45, 2.75) is 13.0 Å². The monoisotopic (exact) mass is 252 g/mol. The summed E-state index contributed by atoms with van der Waals surface area (Å²) >= 11 is 6.01. The standard InChI is InChI=1S/C11H13ClN4O/c1-7(9-4-3-5-17-9)15-10-8(12)6-14-11(13-2)16-10/h3-7H,1-2H3,(H2,13,14,15,16). The van der Waals surface area contributed by atoms with E-state index in [-0.39, 0.29) is 6.04 Å². The van der Waals surface area contributed by atoms with Gasteiger partial charge < -0.3 is 15.1 Å². The SMILES string of the molecule is CNc1ncc(Cl)c(NC(C)c2ccco2)n1. The Balaban J connectivity index is 2.18. The van der Waals surface area contributed by atoms with Gasteiger partial charge >= 0.3 is 0 Å². The lowest BCUT2D eigenvalue weighted by molar-refractivity contribution is 0.490. The summed E-state index contributed by atoms with van der Waals surface area (Å²) in [6.07, 6.45) is 3.19. The topological polar surface area (TPSA) is 63.0 Å². The Hall–Kier alpha value is -1.75. The molecule has 90 valence electrons. The molecule has 0 radical (unpaired) electrons. The Kier molecular flexibility index (Phi) is 3.49. The Morgan fingerprint density at radius 2 is 2.29 bits per heavy atom. The first-order valence-electron chi connectivity index (χ1n) is 5.21. The zero-order chi connectivity index (χ0) is 12.3. The first kappa shape index (κ1) is 11.7. The third-order valence-electron chi connectivity index (χ3n) is 2.29. The molecule has 6 heteroatoms. The molecule has 0 spiro atoms. The normalized spacial score (nSPS) is 12.2. The van der Waals surface area contributed by atoms with Crippen LogP contribution in [0.3, 0.4) is 0 Å². The molecule has 2 heterocycles. The number of hydrogen-bond donors (Lipinski definition) is 2. The van der Waals surface area contributed by atoms with E-state index in [1.54, 1.807) is 19.5 Å². The number of rotatable bonds is 4. The molecule has 2 aromatic heterocycles. The molecule has 0 saturated carbocycles. The van der Waals surface area contributed by atoms with Crippen LogP contribution in [0.4, 0.5) is 11.8 Å². The van der Waals surface area contributed by atoms with Crippen molar-refractivity contribution in [3.8, 4) is 0 Å². The molecule has 1 unspecified atom stereocenters. The zero-order valence-electron chi connectivity index (χ0n) is 9.57. The lowest BCUT2D eigenvalue weighted by Gasteiger charge is -2.13. The minimum atomic E-state index is -0.0119. The Morgan fingerprint density at radius 1 is 1.47 bits per heavy atom. The molecular formula is C11H13ClN4O. The second kappa shape index (κ2) is 5.05. The molecule has 0 aliphatic rings. The summed E-state index contributed by atoms with van der Waals surface area (Å²) < 4.78 is 5.30. The third-order valence-corrected chi connectivity index (χ3v) is 2.57. The number of hydrogen-bond acceptors (Lipinski definition) is 5. The second-order valence-corrected chi connectivity index (χ2v) is 3.93. The van der Waals surface area contributed by atoms with Crippen LogP contribution in [0.5, 0.6) is 0 Å². The fourth-order valence-corrected chi connectivity index (χ4v) is 1.55. The van der Waals surface area contributed by atoms with Crippen molar-refractivity contribution in [2.24, 2.45) is 0 Å². The average molecular weight is 253 g/mol. The van der Waals surface area contributed by atoms with Crippen LogP contribution in [-0.4, -0.2) is 17.0 Å². The molecule has 0 aliphatic carbocycles. The summed E-state index contributed by atoms with van der Waals surface area (Å²) in [5, 5.41) is 6.50. The maximum Gasteiger partial charge on any atom is 0.224 e. The first-order chi connectivity index (χ1) is 8.20.